The highest BCUT2D eigenvalue weighted by molar-refractivity contribution is 5.29. The van der Waals surface area contributed by atoms with Crippen molar-refractivity contribution in [2.75, 3.05) is 13.2 Å². The lowest BCUT2D eigenvalue weighted by molar-refractivity contribution is -0.0589. The lowest BCUT2D eigenvalue weighted by Gasteiger charge is -2.37. The molecule has 0 bridgehead atoms. The molecule has 112 valence electrons. The molecule has 1 aromatic carbocycles. The van der Waals surface area contributed by atoms with Crippen LogP contribution in [-0.2, 0) is 4.74 Å². The van der Waals surface area contributed by atoms with Crippen molar-refractivity contribution >= 4 is 0 Å². The number of rotatable bonds is 6. The monoisotopic (exact) mass is 276 g/mol. The van der Waals surface area contributed by atoms with Crippen molar-refractivity contribution in [1.29, 1.82) is 0 Å². The number of benzene rings is 1. The van der Waals surface area contributed by atoms with Crippen molar-refractivity contribution < 1.29 is 9.47 Å². The molecule has 0 aromatic heterocycles. The van der Waals surface area contributed by atoms with Gasteiger partial charge in [0.1, 0.15) is 5.75 Å². The fourth-order valence-corrected chi connectivity index (χ4v) is 3.06. The van der Waals surface area contributed by atoms with E-state index in [9.17, 15) is 0 Å². The van der Waals surface area contributed by atoms with Crippen molar-refractivity contribution in [3.05, 3.63) is 29.8 Å². The minimum absolute atomic E-state index is 0.109. The Bertz CT molecular complexity index is 388. The average Bonchev–Trinajstić information content (AvgIpc) is 2.47. The summed E-state index contributed by atoms with van der Waals surface area (Å²) >= 11 is 0. The predicted octanol–water partition coefficient (Wildman–Crippen LogP) is 4.93. The van der Waals surface area contributed by atoms with Crippen LogP contribution >= 0.6 is 0 Å². The van der Waals surface area contributed by atoms with E-state index in [0.29, 0.717) is 5.92 Å². The molecule has 0 aliphatic heterocycles. The number of ether oxygens (including phenoxy) is 2. The van der Waals surface area contributed by atoms with Crippen LogP contribution in [0.2, 0.25) is 0 Å². The molecule has 1 aliphatic carbocycles. The van der Waals surface area contributed by atoms with Crippen LogP contribution in [0.15, 0.2) is 24.3 Å². The molecule has 1 aliphatic rings. The summed E-state index contributed by atoms with van der Waals surface area (Å²) in [5, 5.41) is 0. The van der Waals surface area contributed by atoms with Gasteiger partial charge in [-0.1, -0.05) is 19.1 Å². The Morgan fingerprint density at radius 3 is 2.30 bits per heavy atom. The summed E-state index contributed by atoms with van der Waals surface area (Å²) in [4.78, 5) is 0. The van der Waals surface area contributed by atoms with E-state index in [1.165, 1.54) is 31.2 Å². The summed E-state index contributed by atoms with van der Waals surface area (Å²) in [6, 6.07) is 8.65. The Hall–Kier alpha value is -1.02. The van der Waals surface area contributed by atoms with Crippen LogP contribution in [0.3, 0.4) is 0 Å². The lowest BCUT2D eigenvalue weighted by Crippen LogP contribution is -2.33. The summed E-state index contributed by atoms with van der Waals surface area (Å²) in [7, 11) is 0. The molecule has 0 unspecified atom stereocenters. The first-order valence-corrected chi connectivity index (χ1v) is 8.03. The molecule has 1 saturated carbocycles. The van der Waals surface area contributed by atoms with E-state index in [2.05, 4.69) is 38.1 Å². The van der Waals surface area contributed by atoms with Crippen LogP contribution < -0.4 is 4.74 Å². The average molecular weight is 276 g/mol. The van der Waals surface area contributed by atoms with Crippen LogP contribution in [-0.4, -0.2) is 18.8 Å². The molecular weight excluding hydrogens is 248 g/mol. The minimum atomic E-state index is 0.109. The number of hydrogen-bond donors (Lipinski definition) is 0. The third kappa shape index (κ3) is 3.99. The molecule has 0 amide bonds. The zero-order chi connectivity index (χ0) is 14.4. The van der Waals surface area contributed by atoms with Gasteiger partial charge in [-0.3, -0.25) is 0 Å². The third-order valence-electron chi connectivity index (χ3n) is 4.36. The van der Waals surface area contributed by atoms with Crippen LogP contribution in [0.5, 0.6) is 5.75 Å². The predicted molar refractivity (Wildman–Crippen MR) is 83.5 cm³/mol. The number of hydrogen-bond acceptors (Lipinski definition) is 2. The Kier molecular flexibility index (Phi) is 5.47. The largest absolute Gasteiger partial charge is 0.494 e. The lowest BCUT2D eigenvalue weighted by atomic mass is 9.77. The van der Waals surface area contributed by atoms with Gasteiger partial charge in [0.2, 0.25) is 0 Å². The summed E-state index contributed by atoms with van der Waals surface area (Å²) in [5.74, 6) is 1.66. The zero-order valence-corrected chi connectivity index (χ0v) is 13.2. The Morgan fingerprint density at radius 1 is 1.10 bits per heavy atom. The summed E-state index contributed by atoms with van der Waals surface area (Å²) in [6.07, 6.45) is 5.91. The van der Waals surface area contributed by atoms with Crippen LogP contribution in [0.4, 0.5) is 0 Å². The quantitative estimate of drug-likeness (QED) is 0.733. The minimum Gasteiger partial charge on any atom is -0.494 e. The first kappa shape index (κ1) is 15.4. The van der Waals surface area contributed by atoms with Gasteiger partial charge in [-0.05, 0) is 69.6 Å². The molecule has 0 radical (unpaired) electrons. The van der Waals surface area contributed by atoms with E-state index in [1.54, 1.807) is 0 Å². The molecule has 2 heteroatoms. The topological polar surface area (TPSA) is 18.5 Å². The van der Waals surface area contributed by atoms with Crippen molar-refractivity contribution in [1.82, 2.24) is 0 Å². The molecule has 2 nitrogen and oxygen atoms in total. The summed E-state index contributed by atoms with van der Waals surface area (Å²) in [5.41, 5.74) is 1.56. The van der Waals surface area contributed by atoms with Crippen LogP contribution in [0, 0.1) is 0 Å². The summed E-state index contributed by atoms with van der Waals surface area (Å²) in [6.45, 7) is 8.10. The normalized spacial score (nSPS) is 26.4. The molecule has 0 spiro atoms. The maximum Gasteiger partial charge on any atom is 0.119 e. The van der Waals surface area contributed by atoms with Gasteiger partial charge in [0, 0.05) is 6.61 Å². The molecular formula is C18H28O2. The van der Waals surface area contributed by atoms with Crippen molar-refractivity contribution in [3.8, 4) is 5.75 Å². The van der Waals surface area contributed by atoms with Crippen LogP contribution in [0.1, 0.15) is 64.4 Å². The fraction of sp³-hybridized carbons (Fsp3) is 0.667. The van der Waals surface area contributed by atoms with Gasteiger partial charge in [-0.15, -0.1) is 0 Å². The van der Waals surface area contributed by atoms with E-state index in [-0.39, 0.29) is 5.60 Å². The van der Waals surface area contributed by atoms with Gasteiger partial charge < -0.3 is 9.47 Å². The van der Waals surface area contributed by atoms with Crippen molar-refractivity contribution in [2.45, 2.75) is 64.4 Å². The van der Waals surface area contributed by atoms with Gasteiger partial charge in [0.15, 0.2) is 0 Å². The van der Waals surface area contributed by atoms with E-state index >= 15 is 0 Å². The van der Waals surface area contributed by atoms with E-state index in [0.717, 1.165) is 25.4 Å². The first-order valence-electron chi connectivity index (χ1n) is 8.03. The highest BCUT2D eigenvalue weighted by Crippen LogP contribution is 2.40. The third-order valence-corrected chi connectivity index (χ3v) is 4.36. The van der Waals surface area contributed by atoms with E-state index in [1.807, 2.05) is 6.92 Å². The highest BCUT2D eigenvalue weighted by Gasteiger charge is 2.32. The fourth-order valence-electron chi connectivity index (χ4n) is 3.06. The standard InChI is InChI=1S/C18H28O2/c1-4-14-20-18(3)12-10-16(11-13-18)15-6-8-17(9-7-15)19-5-2/h6-9,16H,4-5,10-14H2,1-3H3. The van der Waals surface area contributed by atoms with Crippen molar-refractivity contribution in [3.63, 3.8) is 0 Å². The van der Waals surface area contributed by atoms with Gasteiger partial charge in [0.25, 0.3) is 0 Å². The Morgan fingerprint density at radius 2 is 1.75 bits per heavy atom. The molecule has 1 aromatic rings. The van der Waals surface area contributed by atoms with Gasteiger partial charge >= 0.3 is 0 Å². The molecule has 20 heavy (non-hydrogen) atoms. The zero-order valence-electron chi connectivity index (χ0n) is 13.2. The second-order valence-electron chi connectivity index (χ2n) is 6.07. The first-order chi connectivity index (χ1) is 9.67. The molecule has 1 fully saturated rings. The molecule has 0 heterocycles. The van der Waals surface area contributed by atoms with E-state index < -0.39 is 0 Å². The smallest absolute Gasteiger partial charge is 0.119 e. The second-order valence-corrected chi connectivity index (χ2v) is 6.07. The molecule has 2 rings (SSSR count). The Balaban J connectivity index is 1.89. The maximum absolute atomic E-state index is 6.03. The van der Waals surface area contributed by atoms with Gasteiger partial charge in [0.05, 0.1) is 12.2 Å². The Labute approximate surface area is 123 Å². The molecule has 0 saturated heterocycles. The van der Waals surface area contributed by atoms with Gasteiger partial charge in [-0.2, -0.15) is 0 Å². The SMILES string of the molecule is CCCOC1(C)CCC(c2ccc(OCC)cc2)CC1. The van der Waals surface area contributed by atoms with E-state index in [4.69, 9.17) is 9.47 Å². The maximum atomic E-state index is 6.03. The van der Waals surface area contributed by atoms with Gasteiger partial charge in [-0.25, -0.2) is 0 Å². The van der Waals surface area contributed by atoms with Crippen molar-refractivity contribution in [2.24, 2.45) is 0 Å². The summed E-state index contributed by atoms with van der Waals surface area (Å²) < 4.78 is 11.5. The highest BCUT2D eigenvalue weighted by atomic mass is 16.5. The molecule has 0 N–H and O–H groups in total. The molecule has 0 atom stereocenters. The van der Waals surface area contributed by atoms with Crippen LogP contribution in [0.25, 0.3) is 0 Å². The second kappa shape index (κ2) is 7.12.